The summed E-state index contributed by atoms with van der Waals surface area (Å²) in [5.41, 5.74) is 1.69. The van der Waals surface area contributed by atoms with Crippen LogP contribution in [0.2, 0.25) is 0 Å². The third kappa shape index (κ3) is 2.90. The van der Waals surface area contributed by atoms with E-state index in [9.17, 15) is 4.79 Å². The number of aromatic nitrogens is 1. The quantitative estimate of drug-likeness (QED) is 0.738. The molecule has 6 heteroatoms. The molecular weight excluding hydrogens is 381 g/mol. The van der Waals surface area contributed by atoms with Gasteiger partial charge in [0.05, 0.1) is 0 Å². The van der Waals surface area contributed by atoms with Crippen LogP contribution < -0.4 is 0 Å². The second-order valence-corrected chi connectivity index (χ2v) is 5.78. The largest absolute Gasteiger partial charge is 0.446 e. The van der Waals surface area contributed by atoms with Crippen LogP contribution in [0, 0.1) is 3.57 Å². The minimum Gasteiger partial charge on any atom is -0.446 e. The maximum Gasteiger partial charge on any atom is 0.243 e. The van der Waals surface area contributed by atoms with Crippen LogP contribution in [-0.4, -0.2) is 21.8 Å². The molecule has 3 rings (SSSR count). The van der Waals surface area contributed by atoms with Gasteiger partial charge in [0.25, 0.3) is 0 Å². The fraction of sp³-hybridized carbons (Fsp3) is 0.133. The first kappa shape index (κ1) is 14.0. The van der Waals surface area contributed by atoms with Crippen LogP contribution in [0.25, 0.3) is 0 Å². The van der Waals surface area contributed by atoms with E-state index >= 15 is 0 Å². The molecule has 0 fully saturated rings. The van der Waals surface area contributed by atoms with Gasteiger partial charge in [-0.15, -0.1) is 5.10 Å². The van der Waals surface area contributed by atoms with E-state index in [0.29, 0.717) is 5.90 Å². The van der Waals surface area contributed by atoms with Gasteiger partial charge in [0.1, 0.15) is 0 Å². The number of rotatable bonds is 2. The van der Waals surface area contributed by atoms with Gasteiger partial charge >= 0.3 is 0 Å². The van der Waals surface area contributed by atoms with E-state index in [4.69, 9.17) is 4.74 Å². The van der Waals surface area contributed by atoms with E-state index in [0.717, 1.165) is 14.7 Å². The number of carbonyl (C=O) groups excluding carboxylic acids is 1. The monoisotopic (exact) mass is 393 g/mol. The van der Waals surface area contributed by atoms with Gasteiger partial charge in [0, 0.05) is 34.0 Å². The number of pyridine rings is 1. The van der Waals surface area contributed by atoms with Gasteiger partial charge in [0.15, 0.2) is 0 Å². The van der Waals surface area contributed by atoms with Crippen molar-refractivity contribution in [3.8, 4) is 0 Å². The molecule has 1 aromatic heterocycles. The number of carbonyl (C=O) groups is 1. The predicted molar refractivity (Wildman–Crippen MR) is 86.3 cm³/mol. The number of hydrogen-bond acceptors (Lipinski definition) is 4. The number of ether oxygens (including phenoxy) is 1. The molecule has 1 aromatic carbocycles. The summed E-state index contributed by atoms with van der Waals surface area (Å²) in [6.45, 7) is 1.48. The molecule has 1 atom stereocenters. The summed E-state index contributed by atoms with van der Waals surface area (Å²) in [6.07, 6.45) is 2.80. The van der Waals surface area contributed by atoms with E-state index < -0.39 is 6.23 Å². The van der Waals surface area contributed by atoms with Crippen LogP contribution in [0.4, 0.5) is 0 Å². The zero-order chi connectivity index (χ0) is 14.8. The normalized spacial score (nSPS) is 17.3. The van der Waals surface area contributed by atoms with Crippen LogP contribution in [0.5, 0.6) is 0 Å². The van der Waals surface area contributed by atoms with Gasteiger partial charge in [-0.25, -0.2) is 0 Å². The minimum atomic E-state index is -0.527. The van der Waals surface area contributed by atoms with Crippen molar-refractivity contribution in [1.29, 1.82) is 0 Å². The standard InChI is InChI=1S/C15H12IN3O2/c1-10(20)19-15(12-3-2-4-13(16)9-12)21-14(18-19)11-5-7-17-8-6-11/h2-9,15H,1H3/t15-/m0/s1. The second-order valence-electron chi connectivity index (χ2n) is 4.53. The third-order valence-corrected chi connectivity index (χ3v) is 3.70. The minimum absolute atomic E-state index is 0.164. The lowest BCUT2D eigenvalue weighted by Crippen LogP contribution is -2.25. The summed E-state index contributed by atoms with van der Waals surface area (Å²) < 4.78 is 6.96. The Morgan fingerprint density at radius 1 is 1.29 bits per heavy atom. The Balaban J connectivity index is 1.95. The number of hydrazone groups is 1. The Morgan fingerprint density at radius 3 is 2.71 bits per heavy atom. The summed E-state index contributed by atoms with van der Waals surface area (Å²) in [6, 6.07) is 11.4. The van der Waals surface area contributed by atoms with Gasteiger partial charge in [-0.3, -0.25) is 9.78 Å². The van der Waals surface area contributed by atoms with Crippen LogP contribution in [0.3, 0.4) is 0 Å². The van der Waals surface area contributed by atoms with Crippen molar-refractivity contribution in [2.45, 2.75) is 13.2 Å². The zero-order valence-corrected chi connectivity index (χ0v) is 13.4. The molecule has 1 aliphatic heterocycles. The Hall–Kier alpha value is -1.96. The molecule has 0 saturated carbocycles. The van der Waals surface area contributed by atoms with Gasteiger partial charge in [-0.05, 0) is 46.9 Å². The highest BCUT2D eigenvalue weighted by atomic mass is 127. The molecule has 2 aromatic rings. The Morgan fingerprint density at radius 2 is 2.05 bits per heavy atom. The summed E-state index contributed by atoms with van der Waals surface area (Å²) in [7, 11) is 0. The van der Waals surface area contributed by atoms with Crippen molar-refractivity contribution in [2.75, 3.05) is 0 Å². The van der Waals surface area contributed by atoms with E-state index in [2.05, 4.69) is 32.7 Å². The number of benzene rings is 1. The Labute approximate surface area is 135 Å². The van der Waals surface area contributed by atoms with Crippen LogP contribution in [-0.2, 0) is 9.53 Å². The Bertz CT molecular complexity index is 703. The van der Waals surface area contributed by atoms with Crippen molar-refractivity contribution < 1.29 is 9.53 Å². The highest BCUT2D eigenvalue weighted by molar-refractivity contribution is 14.1. The lowest BCUT2D eigenvalue weighted by molar-refractivity contribution is -0.135. The maximum atomic E-state index is 11.8. The van der Waals surface area contributed by atoms with E-state index in [-0.39, 0.29) is 5.91 Å². The number of hydrogen-bond donors (Lipinski definition) is 0. The van der Waals surface area contributed by atoms with Crippen LogP contribution in [0.1, 0.15) is 24.3 Å². The lowest BCUT2D eigenvalue weighted by atomic mass is 10.2. The molecule has 2 heterocycles. The average Bonchev–Trinajstić information content (AvgIpc) is 2.93. The number of amides is 1. The molecule has 0 bridgehead atoms. The molecular formula is C15H12IN3O2. The smallest absolute Gasteiger partial charge is 0.243 e. The van der Waals surface area contributed by atoms with Gasteiger partial charge in [-0.2, -0.15) is 5.01 Å². The van der Waals surface area contributed by atoms with Gasteiger partial charge < -0.3 is 4.74 Å². The number of halogens is 1. The molecule has 0 unspecified atom stereocenters. The molecule has 106 valence electrons. The van der Waals surface area contributed by atoms with E-state index in [1.165, 1.54) is 11.9 Å². The number of nitrogens with zero attached hydrogens (tertiary/aromatic N) is 3. The van der Waals surface area contributed by atoms with Crippen molar-refractivity contribution in [3.63, 3.8) is 0 Å². The van der Waals surface area contributed by atoms with Crippen molar-refractivity contribution >= 4 is 34.4 Å². The first-order valence-corrected chi connectivity index (χ1v) is 7.44. The average molecular weight is 393 g/mol. The third-order valence-electron chi connectivity index (χ3n) is 3.03. The maximum absolute atomic E-state index is 11.8. The molecule has 0 N–H and O–H groups in total. The van der Waals surface area contributed by atoms with Crippen LogP contribution >= 0.6 is 22.6 Å². The lowest BCUT2D eigenvalue weighted by Gasteiger charge is -2.19. The molecule has 5 nitrogen and oxygen atoms in total. The first-order valence-electron chi connectivity index (χ1n) is 6.36. The van der Waals surface area contributed by atoms with Crippen molar-refractivity contribution in [3.05, 3.63) is 63.5 Å². The van der Waals surface area contributed by atoms with Crippen LogP contribution in [0.15, 0.2) is 53.9 Å². The zero-order valence-electron chi connectivity index (χ0n) is 11.2. The fourth-order valence-electron chi connectivity index (χ4n) is 2.05. The molecule has 1 amide bonds. The highest BCUT2D eigenvalue weighted by Gasteiger charge is 2.33. The van der Waals surface area contributed by atoms with Gasteiger partial charge in [-0.1, -0.05) is 12.1 Å². The SMILES string of the molecule is CC(=O)N1N=C(c2ccncc2)O[C@H]1c1cccc(I)c1. The first-order chi connectivity index (χ1) is 10.1. The topological polar surface area (TPSA) is 54.8 Å². The Kier molecular flexibility index (Phi) is 3.87. The van der Waals surface area contributed by atoms with E-state index in [1.54, 1.807) is 24.5 Å². The molecule has 0 radical (unpaired) electrons. The molecule has 0 aliphatic carbocycles. The highest BCUT2D eigenvalue weighted by Crippen LogP contribution is 2.30. The van der Waals surface area contributed by atoms with Crippen molar-refractivity contribution in [2.24, 2.45) is 5.10 Å². The summed E-state index contributed by atoms with van der Waals surface area (Å²) in [5, 5.41) is 5.66. The summed E-state index contributed by atoms with van der Waals surface area (Å²) >= 11 is 2.23. The van der Waals surface area contributed by atoms with Gasteiger partial charge in [0.2, 0.25) is 18.0 Å². The summed E-state index contributed by atoms with van der Waals surface area (Å²) in [4.78, 5) is 15.8. The fourth-order valence-corrected chi connectivity index (χ4v) is 2.62. The molecule has 21 heavy (non-hydrogen) atoms. The second kappa shape index (κ2) is 5.80. The molecule has 1 aliphatic rings. The molecule has 0 spiro atoms. The van der Waals surface area contributed by atoms with E-state index in [1.807, 2.05) is 24.3 Å². The molecule has 0 saturated heterocycles. The predicted octanol–water partition coefficient (Wildman–Crippen LogP) is 2.93. The van der Waals surface area contributed by atoms with Crippen molar-refractivity contribution in [1.82, 2.24) is 9.99 Å². The summed E-state index contributed by atoms with van der Waals surface area (Å²) in [5.74, 6) is 0.263.